The number of benzene rings is 1. The maximum absolute atomic E-state index is 12.3. The van der Waals surface area contributed by atoms with E-state index < -0.39 is 0 Å². The second kappa shape index (κ2) is 7.19. The molecule has 2 N–H and O–H groups in total. The van der Waals surface area contributed by atoms with Crippen LogP contribution in [0.15, 0.2) is 35.1 Å². The van der Waals surface area contributed by atoms with Crippen molar-refractivity contribution in [3.8, 4) is 0 Å². The zero-order valence-electron chi connectivity index (χ0n) is 11.7. The molecule has 2 rings (SSSR count). The van der Waals surface area contributed by atoms with Crippen LogP contribution in [-0.4, -0.2) is 31.5 Å². The highest BCUT2D eigenvalue weighted by Crippen LogP contribution is 2.13. The third-order valence-corrected chi connectivity index (χ3v) is 3.19. The Morgan fingerprint density at radius 3 is 2.75 bits per heavy atom. The number of nitrogens with two attached hydrogens (primary N) is 1. The summed E-state index contributed by atoms with van der Waals surface area (Å²) in [6.45, 7) is 2.31. The number of para-hydroxylation sites is 1. The zero-order valence-corrected chi connectivity index (χ0v) is 11.7. The number of aromatic nitrogens is 1. The fourth-order valence-electron chi connectivity index (χ4n) is 2.16. The smallest absolute Gasteiger partial charge is 0.255 e. The molecule has 0 amide bonds. The van der Waals surface area contributed by atoms with Crippen molar-refractivity contribution in [1.29, 1.82) is 0 Å². The molecule has 0 atom stereocenters. The van der Waals surface area contributed by atoms with Gasteiger partial charge in [-0.1, -0.05) is 18.2 Å². The van der Waals surface area contributed by atoms with Crippen LogP contribution in [-0.2, 0) is 22.6 Å². The highest BCUT2D eigenvalue weighted by atomic mass is 16.5. The van der Waals surface area contributed by atoms with Crippen LogP contribution in [0.5, 0.6) is 0 Å². The van der Waals surface area contributed by atoms with Crippen molar-refractivity contribution in [2.45, 2.75) is 13.1 Å². The third-order valence-electron chi connectivity index (χ3n) is 3.19. The first kappa shape index (κ1) is 14.7. The highest BCUT2D eigenvalue weighted by molar-refractivity contribution is 5.79. The number of pyridine rings is 1. The van der Waals surface area contributed by atoms with Crippen LogP contribution in [0.4, 0.5) is 0 Å². The Labute approximate surface area is 117 Å². The molecule has 0 aliphatic rings. The van der Waals surface area contributed by atoms with E-state index in [4.69, 9.17) is 15.2 Å². The SMILES string of the molecule is COCCOCCn1c(=O)c(CN)cc2ccccc21. The van der Waals surface area contributed by atoms with Gasteiger partial charge in [-0.2, -0.15) is 0 Å². The van der Waals surface area contributed by atoms with Crippen molar-refractivity contribution in [1.82, 2.24) is 4.57 Å². The number of nitrogens with zero attached hydrogens (tertiary/aromatic N) is 1. The molecule has 0 saturated heterocycles. The molecule has 0 radical (unpaired) electrons. The number of methoxy groups -OCH3 is 1. The Morgan fingerprint density at radius 2 is 2.00 bits per heavy atom. The highest BCUT2D eigenvalue weighted by Gasteiger charge is 2.07. The molecule has 1 heterocycles. The summed E-state index contributed by atoms with van der Waals surface area (Å²) < 4.78 is 12.1. The number of hydrogen-bond donors (Lipinski definition) is 1. The fourth-order valence-corrected chi connectivity index (χ4v) is 2.16. The Kier molecular flexibility index (Phi) is 5.29. The largest absolute Gasteiger partial charge is 0.382 e. The van der Waals surface area contributed by atoms with Gasteiger partial charge >= 0.3 is 0 Å². The summed E-state index contributed by atoms with van der Waals surface area (Å²) in [7, 11) is 1.63. The summed E-state index contributed by atoms with van der Waals surface area (Å²) in [6, 6.07) is 9.65. The van der Waals surface area contributed by atoms with Gasteiger partial charge in [-0.05, 0) is 17.5 Å². The van der Waals surface area contributed by atoms with E-state index in [1.165, 1.54) is 0 Å². The molecular formula is C15H20N2O3. The lowest BCUT2D eigenvalue weighted by Crippen LogP contribution is -2.27. The van der Waals surface area contributed by atoms with Gasteiger partial charge in [-0.15, -0.1) is 0 Å². The van der Waals surface area contributed by atoms with Crippen LogP contribution < -0.4 is 11.3 Å². The van der Waals surface area contributed by atoms with Gasteiger partial charge in [0.05, 0.1) is 25.3 Å². The average molecular weight is 276 g/mol. The molecule has 0 fully saturated rings. The lowest BCUT2D eigenvalue weighted by molar-refractivity contribution is 0.0667. The van der Waals surface area contributed by atoms with Crippen molar-refractivity contribution >= 4 is 10.9 Å². The van der Waals surface area contributed by atoms with E-state index in [0.29, 0.717) is 31.9 Å². The van der Waals surface area contributed by atoms with E-state index in [0.717, 1.165) is 10.9 Å². The van der Waals surface area contributed by atoms with Crippen LogP contribution >= 0.6 is 0 Å². The minimum absolute atomic E-state index is 0.0402. The van der Waals surface area contributed by atoms with Gasteiger partial charge in [-0.3, -0.25) is 4.79 Å². The molecule has 0 spiro atoms. The molecule has 0 aliphatic carbocycles. The first-order valence-electron chi connectivity index (χ1n) is 6.66. The molecule has 0 saturated carbocycles. The Morgan fingerprint density at radius 1 is 1.20 bits per heavy atom. The molecule has 2 aromatic rings. The zero-order chi connectivity index (χ0) is 14.4. The standard InChI is InChI=1S/C15H20N2O3/c1-19-8-9-20-7-6-17-14-5-3-2-4-12(14)10-13(11-16)15(17)18/h2-5,10H,6-9,11,16H2,1H3. The molecule has 5 heteroatoms. The predicted octanol–water partition coefficient (Wildman–Crippen LogP) is 1.12. The van der Waals surface area contributed by atoms with Crippen molar-refractivity contribution < 1.29 is 9.47 Å². The number of hydrogen-bond acceptors (Lipinski definition) is 4. The number of ether oxygens (including phenoxy) is 2. The van der Waals surface area contributed by atoms with Gasteiger partial charge in [0.2, 0.25) is 0 Å². The van der Waals surface area contributed by atoms with E-state index in [1.54, 1.807) is 11.7 Å². The first-order chi connectivity index (χ1) is 9.77. The second-order valence-corrected chi connectivity index (χ2v) is 4.49. The number of rotatable bonds is 7. The van der Waals surface area contributed by atoms with Gasteiger partial charge < -0.3 is 19.8 Å². The predicted molar refractivity (Wildman–Crippen MR) is 78.8 cm³/mol. The lowest BCUT2D eigenvalue weighted by atomic mass is 10.1. The average Bonchev–Trinajstić information content (AvgIpc) is 2.48. The summed E-state index contributed by atoms with van der Waals surface area (Å²) in [5.41, 5.74) is 7.14. The van der Waals surface area contributed by atoms with Crippen LogP contribution in [0.25, 0.3) is 10.9 Å². The summed E-state index contributed by atoms with van der Waals surface area (Å²) in [5, 5.41) is 1.02. The van der Waals surface area contributed by atoms with E-state index >= 15 is 0 Å². The maximum Gasteiger partial charge on any atom is 0.255 e. The molecule has 0 bridgehead atoms. The van der Waals surface area contributed by atoms with E-state index in [9.17, 15) is 4.79 Å². The third kappa shape index (κ3) is 3.25. The molecule has 0 aliphatic heterocycles. The van der Waals surface area contributed by atoms with Crippen molar-refractivity contribution in [3.63, 3.8) is 0 Å². The second-order valence-electron chi connectivity index (χ2n) is 4.49. The molecule has 1 aromatic carbocycles. The Balaban J connectivity index is 2.25. The Hall–Kier alpha value is -1.69. The lowest BCUT2D eigenvalue weighted by Gasteiger charge is -2.12. The summed E-state index contributed by atoms with van der Waals surface area (Å²) >= 11 is 0. The van der Waals surface area contributed by atoms with E-state index in [2.05, 4.69) is 0 Å². The molecule has 1 aromatic heterocycles. The monoisotopic (exact) mass is 276 g/mol. The number of fused-ring (bicyclic) bond motifs is 1. The normalized spacial score (nSPS) is 11.1. The fraction of sp³-hybridized carbons (Fsp3) is 0.400. The van der Waals surface area contributed by atoms with Crippen molar-refractivity contribution in [2.24, 2.45) is 5.73 Å². The van der Waals surface area contributed by atoms with Crippen molar-refractivity contribution in [3.05, 3.63) is 46.2 Å². The molecule has 5 nitrogen and oxygen atoms in total. The first-order valence-corrected chi connectivity index (χ1v) is 6.66. The summed E-state index contributed by atoms with van der Waals surface area (Å²) in [6.07, 6.45) is 0. The summed E-state index contributed by atoms with van der Waals surface area (Å²) in [4.78, 5) is 12.3. The van der Waals surface area contributed by atoms with Gasteiger partial charge in [0, 0.05) is 25.8 Å². The molecule has 0 unspecified atom stereocenters. The van der Waals surface area contributed by atoms with E-state index in [1.807, 2.05) is 30.3 Å². The van der Waals surface area contributed by atoms with Gasteiger partial charge in [0.15, 0.2) is 0 Å². The maximum atomic E-state index is 12.3. The molecular weight excluding hydrogens is 256 g/mol. The summed E-state index contributed by atoms with van der Waals surface area (Å²) in [5.74, 6) is 0. The van der Waals surface area contributed by atoms with Gasteiger partial charge in [-0.25, -0.2) is 0 Å². The van der Waals surface area contributed by atoms with Gasteiger partial charge in [0.25, 0.3) is 5.56 Å². The van der Waals surface area contributed by atoms with Crippen LogP contribution in [0.1, 0.15) is 5.56 Å². The van der Waals surface area contributed by atoms with E-state index in [-0.39, 0.29) is 12.1 Å². The quantitative estimate of drug-likeness (QED) is 0.770. The minimum atomic E-state index is -0.0402. The van der Waals surface area contributed by atoms with Gasteiger partial charge in [0.1, 0.15) is 0 Å². The van der Waals surface area contributed by atoms with Crippen LogP contribution in [0.3, 0.4) is 0 Å². The van der Waals surface area contributed by atoms with Crippen molar-refractivity contribution in [2.75, 3.05) is 26.9 Å². The molecule has 108 valence electrons. The van der Waals surface area contributed by atoms with Crippen LogP contribution in [0, 0.1) is 0 Å². The minimum Gasteiger partial charge on any atom is -0.382 e. The topological polar surface area (TPSA) is 66.5 Å². The molecule has 20 heavy (non-hydrogen) atoms. The Bertz CT molecular complexity index is 622. The van der Waals surface area contributed by atoms with Crippen LogP contribution in [0.2, 0.25) is 0 Å².